The van der Waals surface area contributed by atoms with Crippen molar-refractivity contribution in [2.24, 2.45) is 0 Å². The third-order valence-electron chi connectivity index (χ3n) is 5.83. The highest BCUT2D eigenvalue weighted by atomic mass is 19.4. The highest BCUT2D eigenvalue weighted by molar-refractivity contribution is 5.81. The third kappa shape index (κ3) is 4.70. The molecule has 31 heavy (non-hydrogen) atoms. The molecule has 1 saturated heterocycles. The van der Waals surface area contributed by atoms with Crippen LogP contribution in [0.4, 0.5) is 13.2 Å². The first-order chi connectivity index (χ1) is 14.8. The second kappa shape index (κ2) is 8.88. The third-order valence-corrected chi connectivity index (χ3v) is 5.83. The van der Waals surface area contributed by atoms with Crippen molar-refractivity contribution in [2.45, 2.75) is 31.7 Å². The summed E-state index contributed by atoms with van der Waals surface area (Å²) >= 11 is 0. The van der Waals surface area contributed by atoms with Gasteiger partial charge in [-0.05, 0) is 24.1 Å². The molecule has 2 heterocycles. The summed E-state index contributed by atoms with van der Waals surface area (Å²) in [6.45, 7) is 4.80. The summed E-state index contributed by atoms with van der Waals surface area (Å²) < 4.78 is 51.8. The molecule has 1 fully saturated rings. The Bertz CT molecular complexity index is 942. The molecule has 4 rings (SSSR count). The number of hydrogen-bond acceptors (Lipinski definition) is 4. The van der Waals surface area contributed by atoms with Crippen LogP contribution in [0.3, 0.4) is 0 Å². The number of hydrogen-bond donors (Lipinski definition) is 1. The van der Waals surface area contributed by atoms with E-state index >= 15 is 0 Å². The monoisotopic (exact) mass is 434 g/mol. The van der Waals surface area contributed by atoms with E-state index in [2.05, 4.69) is 10.2 Å². The van der Waals surface area contributed by atoms with Crippen molar-refractivity contribution in [2.75, 3.05) is 32.8 Å². The van der Waals surface area contributed by atoms with E-state index < -0.39 is 11.7 Å². The predicted molar refractivity (Wildman–Crippen MR) is 110 cm³/mol. The molecule has 0 spiro atoms. The Kier molecular flexibility index (Phi) is 6.20. The Morgan fingerprint density at radius 1 is 1.13 bits per heavy atom. The molecule has 0 saturated carbocycles. The largest absolute Gasteiger partial charge is 0.487 e. The maximum Gasteiger partial charge on any atom is 0.417 e. The highest BCUT2D eigenvalue weighted by Gasteiger charge is 2.35. The zero-order chi connectivity index (χ0) is 22.0. The number of ether oxygens (including phenoxy) is 2. The lowest BCUT2D eigenvalue weighted by molar-refractivity contribution is -0.137. The van der Waals surface area contributed by atoms with E-state index in [0.717, 1.165) is 11.6 Å². The summed E-state index contributed by atoms with van der Waals surface area (Å²) in [5, 5.41) is 2.92. The highest BCUT2D eigenvalue weighted by Crippen LogP contribution is 2.43. The van der Waals surface area contributed by atoms with Crippen LogP contribution in [0.2, 0.25) is 0 Å². The fourth-order valence-corrected chi connectivity index (χ4v) is 4.12. The van der Waals surface area contributed by atoms with Crippen molar-refractivity contribution >= 4 is 5.91 Å². The molecule has 2 atom stereocenters. The van der Waals surface area contributed by atoms with E-state index in [0.29, 0.717) is 50.6 Å². The van der Waals surface area contributed by atoms with Crippen molar-refractivity contribution in [1.82, 2.24) is 10.2 Å². The average molecular weight is 434 g/mol. The van der Waals surface area contributed by atoms with Gasteiger partial charge in [0.2, 0.25) is 5.91 Å². The Balaban J connectivity index is 1.45. The first kappa shape index (κ1) is 21.6. The van der Waals surface area contributed by atoms with Gasteiger partial charge in [0.1, 0.15) is 11.9 Å². The molecular formula is C23H25F3N2O3. The zero-order valence-corrected chi connectivity index (χ0v) is 17.2. The number of para-hydroxylation sites is 1. The first-order valence-electron chi connectivity index (χ1n) is 10.4. The van der Waals surface area contributed by atoms with E-state index in [-0.39, 0.29) is 23.6 Å². The van der Waals surface area contributed by atoms with Crippen molar-refractivity contribution in [1.29, 1.82) is 0 Å². The van der Waals surface area contributed by atoms with Crippen LogP contribution < -0.4 is 10.1 Å². The molecule has 1 amide bonds. The van der Waals surface area contributed by atoms with Crippen molar-refractivity contribution in [3.63, 3.8) is 0 Å². The van der Waals surface area contributed by atoms with Crippen LogP contribution in [0, 0.1) is 0 Å². The lowest BCUT2D eigenvalue weighted by Crippen LogP contribution is -2.50. The number of fused-ring (bicyclic) bond motifs is 1. The molecular weight excluding hydrogens is 409 g/mol. The first-order valence-corrected chi connectivity index (χ1v) is 10.4. The smallest absolute Gasteiger partial charge is 0.417 e. The molecule has 8 heteroatoms. The summed E-state index contributed by atoms with van der Waals surface area (Å²) in [6.07, 6.45) is -4.25. The van der Waals surface area contributed by atoms with Gasteiger partial charge in [-0.1, -0.05) is 36.4 Å². The maximum absolute atomic E-state index is 13.5. The summed E-state index contributed by atoms with van der Waals surface area (Å²) in [5.41, 5.74) is 0.663. The minimum atomic E-state index is -4.46. The van der Waals surface area contributed by atoms with Crippen molar-refractivity contribution in [3.8, 4) is 16.9 Å². The predicted octanol–water partition coefficient (Wildman–Crippen LogP) is 3.51. The van der Waals surface area contributed by atoms with E-state index in [1.807, 2.05) is 13.0 Å². The number of carbonyl (C=O) groups is 1. The SMILES string of the molecule is CC(C(=O)NCC1Cc2cccc(-c3ccccc3C(F)(F)F)c2O1)N1CCOCC1. The van der Waals surface area contributed by atoms with Gasteiger partial charge < -0.3 is 14.8 Å². The van der Waals surface area contributed by atoms with Gasteiger partial charge in [-0.3, -0.25) is 9.69 Å². The Hall–Kier alpha value is -2.58. The molecule has 0 radical (unpaired) electrons. The number of nitrogens with one attached hydrogen (secondary N) is 1. The number of carbonyl (C=O) groups excluding carboxylic acids is 1. The Labute approximate surface area is 179 Å². The number of amides is 1. The van der Waals surface area contributed by atoms with Gasteiger partial charge in [0.15, 0.2) is 0 Å². The summed E-state index contributed by atoms with van der Waals surface area (Å²) in [7, 11) is 0. The van der Waals surface area contributed by atoms with Gasteiger partial charge in [-0.25, -0.2) is 0 Å². The van der Waals surface area contributed by atoms with Gasteiger partial charge in [0.05, 0.1) is 31.4 Å². The molecule has 2 aliphatic heterocycles. The van der Waals surface area contributed by atoms with Crippen LogP contribution in [0.25, 0.3) is 11.1 Å². The number of alkyl halides is 3. The molecule has 0 bridgehead atoms. The van der Waals surface area contributed by atoms with Crippen LogP contribution in [-0.2, 0) is 22.1 Å². The zero-order valence-electron chi connectivity index (χ0n) is 17.2. The van der Waals surface area contributed by atoms with E-state index in [9.17, 15) is 18.0 Å². The van der Waals surface area contributed by atoms with Crippen LogP contribution in [-0.4, -0.2) is 55.8 Å². The summed E-state index contributed by atoms with van der Waals surface area (Å²) in [6, 6.07) is 10.5. The van der Waals surface area contributed by atoms with Crippen LogP contribution in [0.5, 0.6) is 5.75 Å². The molecule has 2 unspecified atom stereocenters. The number of benzene rings is 2. The lowest BCUT2D eigenvalue weighted by atomic mass is 9.96. The van der Waals surface area contributed by atoms with E-state index in [4.69, 9.17) is 9.47 Å². The Morgan fingerprint density at radius 2 is 1.84 bits per heavy atom. The van der Waals surface area contributed by atoms with E-state index in [1.165, 1.54) is 12.1 Å². The molecule has 2 aromatic rings. The minimum absolute atomic E-state index is 0.0934. The number of morpholine rings is 1. The topological polar surface area (TPSA) is 50.8 Å². The van der Waals surface area contributed by atoms with Crippen LogP contribution in [0.15, 0.2) is 42.5 Å². The molecule has 0 aromatic heterocycles. The average Bonchev–Trinajstić information content (AvgIpc) is 3.20. The quantitative estimate of drug-likeness (QED) is 0.783. The van der Waals surface area contributed by atoms with Crippen LogP contribution >= 0.6 is 0 Å². The van der Waals surface area contributed by atoms with Gasteiger partial charge in [-0.2, -0.15) is 13.2 Å². The fourth-order valence-electron chi connectivity index (χ4n) is 4.12. The van der Waals surface area contributed by atoms with Crippen molar-refractivity contribution in [3.05, 3.63) is 53.6 Å². The second-order valence-electron chi connectivity index (χ2n) is 7.85. The number of rotatable bonds is 5. The standard InChI is InChI=1S/C23H25F3N2O3/c1-15(28-9-11-30-12-10-28)22(29)27-14-17-13-16-5-4-7-19(21(16)31-17)18-6-2-3-8-20(18)23(24,25)26/h2-8,15,17H,9-14H2,1H3,(H,27,29). The molecule has 2 aromatic carbocycles. The molecule has 2 aliphatic rings. The van der Waals surface area contributed by atoms with Crippen LogP contribution in [0.1, 0.15) is 18.1 Å². The van der Waals surface area contributed by atoms with Gasteiger partial charge in [-0.15, -0.1) is 0 Å². The Morgan fingerprint density at radius 3 is 2.58 bits per heavy atom. The minimum Gasteiger partial charge on any atom is -0.487 e. The number of halogens is 3. The van der Waals surface area contributed by atoms with Gasteiger partial charge >= 0.3 is 6.18 Å². The maximum atomic E-state index is 13.5. The summed E-state index contributed by atoms with van der Waals surface area (Å²) in [5.74, 6) is 0.365. The molecule has 5 nitrogen and oxygen atoms in total. The normalized spacial score (nSPS) is 20.1. The van der Waals surface area contributed by atoms with E-state index in [1.54, 1.807) is 18.2 Å². The summed E-state index contributed by atoms with van der Waals surface area (Å²) in [4.78, 5) is 14.6. The van der Waals surface area contributed by atoms with Gasteiger partial charge in [0, 0.05) is 25.1 Å². The molecule has 166 valence electrons. The second-order valence-corrected chi connectivity index (χ2v) is 7.85. The lowest BCUT2D eigenvalue weighted by Gasteiger charge is -2.31. The van der Waals surface area contributed by atoms with Crippen molar-refractivity contribution < 1.29 is 27.4 Å². The molecule has 1 N–H and O–H groups in total. The fraction of sp³-hybridized carbons (Fsp3) is 0.435. The number of nitrogens with zero attached hydrogens (tertiary/aromatic N) is 1. The van der Waals surface area contributed by atoms with Gasteiger partial charge in [0.25, 0.3) is 0 Å². The molecule has 0 aliphatic carbocycles.